The highest BCUT2D eigenvalue weighted by atomic mass is 35.5. The number of ether oxygens (including phenoxy) is 1. The number of hydrogen-bond acceptors (Lipinski definition) is 4. The normalized spacial score (nSPS) is 18.3. The quantitative estimate of drug-likeness (QED) is 0.727. The Morgan fingerprint density at radius 2 is 2.04 bits per heavy atom. The van der Waals surface area contributed by atoms with Crippen molar-refractivity contribution in [1.29, 1.82) is 0 Å². The molecule has 128 valence electrons. The molecule has 0 aliphatic heterocycles. The van der Waals surface area contributed by atoms with Crippen LogP contribution < -0.4 is 15.8 Å². The highest BCUT2D eigenvalue weighted by Gasteiger charge is 2.35. The molecule has 1 aliphatic rings. The van der Waals surface area contributed by atoms with E-state index in [0.717, 1.165) is 19.3 Å². The van der Waals surface area contributed by atoms with Crippen LogP contribution in [0.1, 0.15) is 32.1 Å². The number of carbonyl (C=O) groups excluding carboxylic acids is 1. The Kier molecular flexibility index (Phi) is 6.53. The van der Waals surface area contributed by atoms with Crippen molar-refractivity contribution >= 4 is 29.1 Å². The minimum absolute atomic E-state index is 0.00207. The van der Waals surface area contributed by atoms with Crippen molar-refractivity contribution < 1.29 is 14.6 Å². The smallest absolute Gasteiger partial charge is 0.240 e. The van der Waals surface area contributed by atoms with Gasteiger partial charge in [0, 0.05) is 6.54 Å². The molecule has 7 heteroatoms. The van der Waals surface area contributed by atoms with Crippen molar-refractivity contribution in [3.05, 3.63) is 28.2 Å². The van der Waals surface area contributed by atoms with Crippen LogP contribution >= 0.6 is 23.2 Å². The lowest BCUT2D eigenvalue weighted by Crippen LogP contribution is -2.56. The summed E-state index contributed by atoms with van der Waals surface area (Å²) < 4.78 is 5.43. The Hall–Kier alpha value is -1.01. The average molecular weight is 361 g/mol. The van der Waals surface area contributed by atoms with Gasteiger partial charge in [-0.1, -0.05) is 48.5 Å². The lowest BCUT2D eigenvalue weighted by molar-refractivity contribution is -0.128. The fourth-order valence-corrected chi connectivity index (χ4v) is 2.98. The third-order valence-electron chi connectivity index (χ3n) is 4.04. The molecule has 5 nitrogen and oxygen atoms in total. The summed E-state index contributed by atoms with van der Waals surface area (Å²) in [6.07, 6.45) is 3.54. The van der Waals surface area contributed by atoms with Gasteiger partial charge in [-0.3, -0.25) is 4.79 Å². The van der Waals surface area contributed by atoms with Crippen LogP contribution in [0.5, 0.6) is 5.75 Å². The van der Waals surface area contributed by atoms with Crippen LogP contribution in [0.3, 0.4) is 0 Å². The van der Waals surface area contributed by atoms with Gasteiger partial charge in [-0.25, -0.2) is 0 Å². The number of aliphatic hydroxyl groups is 1. The van der Waals surface area contributed by atoms with Gasteiger partial charge in [-0.15, -0.1) is 0 Å². The van der Waals surface area contributed by atoms with Gasteiger partial charge in [0.05, 0.1) is 10.6 Å². The first kappa shape index (κ1) is 18.3. The lowest BCUT2D eigenvalue weighted by atomic mass is 9.82. The van der Waals surface area contributed by atoms with Crippen LogP contribution in [0, 0.1) is 0 Å². The fraction of sp³-hybridized carbons (Fsp3) is 0.562. The fourth-order valence-electron chi connectivity index (χ4n) is 2.64. The summed E-state index contributed by atoms with van der Waals surface area (Å²) in [5, 5.41) is 13.3. The van der Waals surface area contributed by atoms with Crippen LogP contribution in [0.25, 0.3) is 0 Å². The molecule has 1 atom stereocenters. The summed E-state index contributed by atoms with van der Waals surface area (Å²) in [4.78, 5) is 12.2. The molecule has 0 aromatic heterocycles. The third-order valence-corrected chi connectivity index (χ3v) is 4.85. The summed E-state index contributed by atoms with van der Waals surface area (Å²) >= 11 is 11.9. The molecule has 1 fully saturated rings. The van der Waals surface area contributed by atoms with Crippen molar-refractivity contribution in [1.82, 2.24) is 5.32 Å². The first-order valence-corrected chi connectivity index (χ1v) is 8.50. The standard InChI is InChI=1S/C16H22Cl2N2O3/c17-12-5-4-6-13(14(12)18)23-10-11(21)9-20-15(22)16(19)7-2-1-3-8-16/h4-6,11,21H,1-3,7-10,19H2,(H,20,22). The summed E-state index contributed by atoms with van der Waals surface area (Å²) in [6, 6.07) is 5.02. The number of carbonyl (C=O) groups is 1. The van der Waals surface area contributed by atoms with E-state index in [-0.39, 0.29) is 19.1 Å². The van der Waals surface area contributed by atoms with Crippen LogP contribution in [0.4, 0.5) is 0 Å². The molecule has 0 bridgehead atoms. The second-order valence-electron chi connectivity index (χ2n) is 5.94. The van der Waals surface area contributed by atoms with E-state index in [0.29, 0.717) is 28.6 Å². The Labute approximate surface area is 146 Å². The first-order valence-electron chi connectivity index (χ1n) is 7.74. The summed E-state index contributed by atoms with van der Waals surface area (Å²) in [7, 11) is 0. The van der Waals surface area contributed by atoms with E-state index in [4.69, 9.17) is 33.7 Å². The van der Waals surface area contributed by atoms with Gasteiger partial charge >= 0.3 is 0 Å². The molecular weight excluding hydrogens is 339 g/mol. The van der Waals surface area contributed by atoms with Gasteiger partial charge in [0.15, 0.2) is 0 Å². The molecular formula is C16H22Cl2N2O3. The monoisotopic (exact) mass is 360 g/mol. The van der Waals surface area contributed by atoms with Crippen LogP contribution in [0.15, 0.2) is 18.2 Å². The van der Waals surface area contributed by atoms with Crippen LogP contribution in [-0.4, -0.2) is 35.8 Å². The van der Waals surface area contributed by atoms with E-state index in [1.54, 1.807) is 18.2 Å². The van der Waals surface area contributed by atoms with Crippen LogP contribution in [-0.2, 0) is 4.79 Å². The zero-order chi connectivity index (χ0) is 16.9. The molecule has 0 spiro atoms. The molecule has 2 rings (SSSR count). The van der Waals surface area contributed by atoms with Crippen molar-refractivity contribution in [2.75, 3.05) is 13.2 Å². The Morgan fingerprint density at radius 3 is 2.74 bits per heavy atom. The molecule has 0 radical (unpaired) electrons. The first-order chi connectivity index (χ1) is 10.9. The van der Waals surface area contributed by atoms with Crippen molar-refractivity contribution in [3.63, 3.8) is 0 Å². The zero-order valence-corrected chi connectivity index (χ0v) is 14.4. The largest absolute Gasteiger partial charge is 0.489 e. The molecule has 23 heavy (non-hydrogen) atoms. The summed E-state index contributed by atoms with van der Waals surface area (Å²) in [5.74, 6) is 0.184. The number of benzene rings is 1. The topological polar surface area (TPSA) is 84.6 Å². The average Bonchev–Trinajstić information content (AvgIpc) is 2.54. The molecule has 4 N–H and O–H groups in total. The molecule has 1 aromatic rings. The predicted molar refractivity (Wildman–Crippen MR) is 91.0 cm³/mol. The number of aliphatic hydroxyl groups excluding tert-OH is 1. The van der Waals surface area contributed by atoms with Crippen molar-refractivity contribution in [3.8, 4) is 5.75 Å². The Morgan fingerprint density at radius 1 is 1.35 bits per heavy atom. The van der Waals surface area contributed by atoms with Gasteiger partial charge in [0.1, 0.15) is 23.5 Å². The van der Waals surface area contributed by atoms with E-state index in [2.05, 4.69) is 5.32 Å². The molecule has 1 amide bonds. The van der Waals surface area contributed by atoms with Gasteiger partial charge in [-0.05, 0) is 25.0 Å². The van der Waals surface area contributed by atoms with E-state index >= 15 is 0 Å². The molecule has 1 aliphatic carbocycles. The van der Waals surface area contributed by atoms with Gasteiger partial charge in [0.25, 0.3) is 0 Å². The molecule has 0 heterocycles. The van der Waals surface area contributed by atoms with Gasteiger partial charge < -0.3 is 20.9 Å². The predicted octanol–water partition coefficient (Wildman–Crippen LogP) is 2.51. The Bertz CT molecular complexity index is 548. The number of nitrogens with one attached hydrogen (secondary N) is 1. The lowest BCUT2D eigenvalue weighted by Gasteiger charge is -2.32. The third kappa shape index (κ3) is 4.98. The maximum atomic E-state index is 12.2. The van der Waals surface area contributed by atoms with E-state index in [1.807, 2.05) is 0 Å². The maximum absolute atomic E-state index is 12.2. The number of amides is 1. The minimum Gasteiger partial charge on any atom is -0.489 e. The number of rotatable bonds is 6. The molecule has 1 unspecified atom stereocenters. The minimum atomic E-state index is -0.860. The zero-order valence-electron chi connectivity index (χ0n) is 12.9. The molecule has 0 saturated heterocycles. The summed E-state index contributed by atoms with van der Waals surface area (Å²) in [5.41, 5.74) is 5.32. The van der Waals surface area contributed by atoms with E-state index in [1.165, 1.54) is 0 Å². The van der Waals surface area contributed by atoms with E-state index in [9.17, 15) is 9.90 Å². The van der Waals surface area contributed by atoms with Crippen LogP contribution in [0.2, 0.25) is 10.0 Å². The second kappa shape index (κ2) is 8.20. The van der Waals surface area contributed by atoms with Crippen molar-refractivity contribution in [2.45, 2.75) is 43.7 Å². The SMILES string of the molecule is NC1(C(=O)NCC(O)COc2cccc(Cl)c2Cl)CCCCC1. The second-order valence-corrected chi connectivity index (χ2v) is 6.73. The maximum Gasteiger partial charge on any atom is 0.240 e. The molecule has 1 aromatic carbocycles. The van der Waals surface area contributed by atoms with Crippen molar-refractivity contribution in [2.24, 2.45) is 5.73 Å². The molecule has 1 saturated carbocycles. The van der Waals surface area contributed by atoms with E-state index < -0.39 is 11.6 Å². The van der Waals surface area contributed by atoms with Gasteiger partial charge in [0.2, 0.25) is 5.91 Å². The highest BCUT2D eigenvalue weighted by molar-refractivity contribution is 6.42. The number of hydrogen-bond donors (Lipinski definition) is 3. The Balaban J connectivity index is 1.77. The summed E-state index contributed by atoms with van der Waals surface area (Å²) in [6.45, 7) is 0.0773. The number of nitrogens with two attached hydrogens (primary N) is 1. The number of halogens is 2. The highest BCUT2D eigenvalue weighted by Crippen LogP contribution is 2.31. The van der Waals surface area contributed by atoms with Gasteiger partial charge in [-0.2, -0.15) is 0 Å².